The summed E-state index contributed by atoms with van der Waals surface area (Å²) in [6.45, 7) is 5.34. The molecule has 0 aliphatic carbocycles. The summed E-state index contributed by atoms with van der Waals surface area (Å²) in [5.74, 6) is 0.756. The maximum atomic E-state index is 11.3. The van der Waals surface area contributed by atoms with Crippen LogP contribution in [-0.2, 0) is 16.6 Å². The van der Waals surface area contributed by atoms with E-state index < -0.39 is 10.0 Å². The zero-order valence-corrected chi connectivity index (χ0v) is 10.4. The smallest absolute Gasteiger partial charge is 0.213 e. The van der Waals surface area contributed by atoms with E-state index in [1.54, 1.807) is 13.1 Å². The molecule has 0 amide bonds. The van der Waals surface area contributed by atoms with Crippen molar-refractivity contribution in [3.8, 4) is 0 Å². The van der Waals surface area contributed by atoms with E-state index in [0.717, 1.165) is 6.54 Å². The van der Waals surface area contributed by atoms with Crippen molar-refractivity contribution in [3.63, 3.8) is 0 Å². The number of hydrogen-bond donors (Lipinski definition) is 2. The predicted molar refractivity (Wildman–Crippen MR) is 63.9 cm³/mol. The lowest BCUT2D eigenvalue weighted by Crippen LogP contribution is -2.29. The molecule has 0 fully saturated rings. The number of rotatable bonds is 7. The van der Waals surface area contributed by atoms with E-state index in [4.69, 9.17) is 0 Å². The molecular formula is C9H18N4O2S. The van der Waals surface area contributed by atoms with Crippen molar-refractivity contribution in [1.29, 1.82) is 0 Å². The van der Waals surface area contributed by atoms with E-state index in [0.29, 0.717) is 19.0 Å². The second-order valence-electron chi connectivity index (χ2n) is 3.28. The van der Waals surface area contributed by atoms with E-state index >= 15 is 0 Å². The zero-order chi connectivity index (χ0) is 12.0. The minimum atomic E-state index is -3.15. The maximum absolute atomic E-state index is 11.3. The largest absolute Gasteiger partial charge is 0.355 e. The number of anilines is 1. The molecular weight excluding hydrogens is 228 g/mol. The molecule has 2 N–H and O–H groups in total. The monoisotopic (exact) mass is 246 g/mol. The second-order valence-corrected chi connectivity index (χ2v) is 5.21. The Balaban J connectivity index is 2.41. The van der Waals surface area contributed by atoms with Crippen molar-refractivity contribution < 1.29 is 8.42 Å². The first-order chi connectivity index (χ1) is 7.59. The van der Waals surface area contributed by atoms with Crippen LogP contribution in [0.25, 0.3) is 0 Å². The van der Waals surface area contributed by atoms with Crippen LogP contribution >= 0.6 is 0 Å². The standard InChI is InChI=1S/C9H18N4O2S/c1-3-12-16(14,15)8-6-11-9-10-5-7-13(9)4-2/h5,7,12H,3-4,6,8H2,1-2H3,(H,10,11). The highest BCUT2D eigenvalue weighted by Crippen LogP contribution is 2.02. The van der Waals surface area contributed by atoms with E-state index in [2.05, 4.69) is 15.0 Å². The summed E-state index contributed by atoms with van der Waals surface area (Å²) in [7, 11) is -3.15. The zero-order valence-electron chi connectivity index (χ0n) is 9.60. The molecule has 0 atom stereocenters. The van der Waals surface area contributed by atoms with Crippen LogP contribution in [0.4, 0.5) is 5.95 Å². The van der Waals surface area contributed by atoms with Crippen LogP contribution in [0.15, 0.2) is 12.4 Å². The first-order valence-corrected chi connectivity index (χ1v) is 6.96. The van der Waals surface area contributed by atoms with Gasteiger partial charge < -0.3 is 9.88 Å². The van der Waals surface area contributed by atoms with Crippen molar-refractivity contribution in [2.24, 2.45) is 0 Å². The van der Waals surface area contributed by atoms with Gasteiger partial charge in [0.2, 0.25) is 16.0 Å². The first kappa shape index (κ1) is 13.0. The Morgan fingerprint density at radius 2 is 2.19 bits per heavy atom. The van der Waals surface area contributed by atoms with E-state index in [1.165, 1.54) is 0 Å². The number of aryl methyl sites for hydroxylation is 1. The quantitative estimate of drug-likeness (QED) is 0.723. The number of nitrogens with one attached hydrogen (secondary N) is 2. The number of sulfonamides is 1. The Bertz CT molecular complexity index is 413. The molecule has 0 unspecified atom stereocenters. The molecule has 7 heteroatoms. The third-order valence-electron chi connectivity index (χ3n) is 2.07. The summed E-state index contributed by atoms with van der Waals surface area (Å²) in [6.07, 6.45) is 3.53. The molecule has 0 aromatic carbocycles. The van der Waals surface area contributed by atoms with Crippen LogP contribution < -0.4 is 10.0 Å². The van der Waals surface area contributed by atoms with Gasteiger partial charge in [-0.2, -0.15) is 0 Å². The second kappa shape index (κ2) is 5.86. The molecule has 0 spiro atoms. The SMILES string of the molecule is CCNS(=O)(=O)CCNc1nccn1CC. The molecule has 0 aliphatic heterocycles. The Kier molecular flexibility index (Phi) is 4.75. The average molecular weight is 246 g/mol. The van der Waals surface area contributed by atoms with Crippen molar-refractivity contribution in [2.45, 2.75) is 20.4 Å². The van der Waals surface area contributed by atoms with Crippen molar-refractivity contribution >= 4 is 16.0 Å². The summed E-state index contributed by atoms with van der Waals surface area (Å²) in [6, 6.07) is 0. The topological polar surface area (TPSA) is 76.0 Å². The third kappa shape index (κ3) is 3.82. The predicted octanol–water partition coefficient (Wildman–Crippen LogP) is 0.254. The van der Waals surface area contributed by atoms with Gasteiger partial charge in [0.05, 0.1) is 5.75 Å². The molecule has 0 bridgehead atoms. The minimum absolute atomic E-state index is 0.0530. The van der Waals surface area contributed by atoms with Gasteiger partial charge in [-0.05, 0) is 6.92 Å². The molecule has 1 heterocycles. The molecule has 16 heavy (non-hydrogen) atoms. The van der Waals surface area contributed by atoms with Gasteiger partial charge >= 0.3 is 0 Å². The van der Waals surface area contributed by atoms with Gasteiger partial charge in [0.1, 0.15) is 0 Å². The fraction of sp³-hybridized carbons (Fsp3) is 0.667. The van der Waals surface area contributed by atoms with Gasteiger partial charge in [-0.15, -0.1) is 0 Å². The fourth-order valence-electron chi connectivity index (χ4n) is 1.32. The third-order valence-corrected chi connectivity index (χ3v) is 3.54. The van der Waals surface area contributed by atoms with Gasteiger partial charge in [-0.3, -0.25) is 0 Å². The molecule has 0 aliphatic rings. The van der Waals surface area contributed by atoms with Gasteiger partial charge in [0.15, 0.2) is 0 Å². The van der Waals surface area contributed by atoms with E-state index in [-0.39, 0.29) is 5.75 Å². The van der Waals surface area contributed by atoms with Gasteiger partial charge in [0.25, 0.3) is 0 Å². The summed E-state index contributed by atoms with van der Waals surface area (Å²) in [5, 5.41) is 2.99. The fourth-order valence-corrected chi connectivity index (χ4v) is 2.28. The summed E-state index contributed by atoms with van der Waals surface area (Å²) in [4.78, 5) is 4.09. The maximum Gasteiger partial charge on any atom is 0.213 e. The normalized spacial score (nSPS) is 11.6. The Morgan fingerprint density at radius 1 is 1.44 bits per heavy atom. The summed E-state index contributed by atoms with van der Waals surface area (Å²) >= 11 is 0. The number of aromatic nitrogens is 2. The highest BCUT2D eigenvalue weighted by Gasteiger charge is 2.08. The highest BCUT2D eigenvalue weighted by atomic mass is 32.2. The number of imidazole rings is 1. The van der Waals surface area contributed by atoms with Crippen molar-refractivity contribution in [2.75, 3.05) is 24.2 Å². The molecule has 0 saturated heterocycles. The summed E-state index contributed by atoms with van der Waals surface area (Å²) in [5.41, 5.74) is 0. The molecule has 6 nitrogen and oxygen atoms in total. The van der Waals surface area contributed by atoms with Gasteiger partial charge in [-0.1, -0.05) is 6.92 Å². The molecule has 0 radical (unpaired) electrons. The van der Waals surface area contributed by atoms with Gasteiger partial charge in [0, 0.05) is 32.0 Å². The summed E-state index contributed by atoms with van der Waals surface area (Å²) < 4.78 is 27.0. The van der Waals surface area contributed by atoms with Crippen LogP contribution in [0.1, 0.15) is 13.8 Å². The lowest BCUT2D eigenvalue weighted by Gasteiger charge is -2.08. The van der Waals surface area contributed by atoms with E-state index in [1.807, 2.05) is 17.7 Å². The molecule has 92 valence electrons. The van der Waals surface area contributed by atoms with Crippen LogP contribution in [-0.4, -0.2) is 36.8 Å². The van der Waals surface area contributed by atoms with Gasteiger partial charge in [-0.25, -0.2) is 18.1 Å². The van der Waals surface area contributed by atoms with Crippen LogP contribution in [0.5, 0.6) is 0 Å². The Labute approximate surface area is 96.1 Å². The van der Waals surface area contributed by atoms with Crippen molar-refractivity contribution in [3.05, 3.63) is 12.4 Å². The molecule has 1 rings (SSSR count). The van der Waals surface area contributed by atoms with Crippen LogP contribution in [0.2, 0.25) is 0 Å². The minimum Gasteiger partial charge on any atom is -0.355 e. The molecule has 1 aromatic heterocycles. The lowest BCUT2D eigenvalue weighted by atomic mass is 10.7. The van der Waals surface area contributed by atoms with E-state index in [9.17, 15) is 8.42 Å². The number of hydrogen-bond acceptors (Lipinski definition) is 4. The Hall–Kier alpha value is -1.08. The number of nitrogens with zero attached hydrogens (tertiary/aromatic N) is 2. The lowest BCUT2D eigenvalue weighted by molar-refractivity contribution is 0.584. The molecule has 0 saturated carbocycles. The Morgan fingerprint density at radius 3 is 2.81 bits per heavy atom. The molecule has 1 aromatic rings. The van der Waals surface area contributed by atoms with Crippen LogP contribution in [0.3, 0.4) is 0 Å². The van der Waals surface area contributed by atoms with Crippen molar-refractivity contribution in [1.82, 2.24) is 14.3 Å². The highest BCUT2D eigenvalue weighted by molar-refractivity contribution is 7.89. The average Bonchev–Trinajstić information content (AvgIpc) is 2.64. The van der Waals surface area contributed by atoms with Crippen LogP contribution in [0, 0.1) is 0 Å². The first-order valence-electron chi connectivity index (χ1n) is 5.31.